The largest absolute Gasteiger partial charge is 0.508 e. The standard InChI is InChI=1S/C22H26N2O5/c25-18-14-17(15-19(26)16-18)22(28)24-10-5-9-23(11-12-24)21(27)8-4-13-29-20-6-2-1-3-7-20/h1-3,6-7,14-16,25-26H,4-5,8-13H2. The molecule has 0 unspecified atom stereocenters. The number of amides is 2. The average molecular weight is 398 g/mol. The fourth-order valence-electron chi connectivity index (χ4n) is 3.36. The number of ether oxygens (including phenoxy) is 1. The van der Waals surface area contributed by atoms with Crippen LogP contribution in [0.5, 0.6) is 17.2 Å². The maximum atomic E-state index is 12.7. The third-order valence-electron chi connectivity index (χ3n) is 4.83. The fraction of sp³-hybridized carbons (Fsp3) is 0.364. The Morgan fingerprint density at radius 2 is 1.55 bits per heavy atom. The maximum Gasteiger partial charge on any atom is 0.254 e. The van der Waals surface area contributed by atoms with Crippen molar-refractivity contribution in [3.8, 4) is 17.2 Å². The van der Waals surface area contributed by atoms with E-state index < -0.39 is 0 Å². The molecule has 1 heterocycles. The van der Waals surface area contributed by atoms with Gasteiger partial charge in [-0.05, 0) is 37.1 Å². The zero-order valence-corrected chi connectivity index (χ0v) is 16.3. The highest BCUT2D eigenvalue weighted by atomic mass is 16.5. The summed E-state index contributed by atoms with van der Waals surface area (Å²) in [6, 6.07) is 13.4. The summed E-state index contributed by atoms with van der Waals surface area (Å²) in [6.45, 7) is 2.50. The number of hydrogen-bond acceptors (Lipinski definition) is 5. The molecule has 154 valence electrons. The first-order chi connectivity index (χ1) is 14.0. The van der Waals surface area contributed by atoms with Gasteiger partial charge < -0.3 is 24.7 Å². The van der Waals surface area contributed by atoms with Crippen molar-refractivity contribution in [1.29, 1.82) is 0 Å². The fourth-order valence-corrected chi connectivity index (χ4v) is 3.36. The van der Waals surface area contributed by atoms with Crippen molar-refractivity contribution in [3.63, 3.8) is 0 Å². The minimum absolute atomic E-state index is 0.0611. The van der Waals surface area contributed by atoms with Crippen LogP contribution in [0.3, 0.4) is 0 Å². The minimum Gasteiger partial charge on any atom is -0.508 e. The number of phenolic OH excluding ortho intramolecular Hbond substituents is 2. The minimum atomic E-state index is -0.262. The Balaban J connectivity index is 1.46. The molecule has 0 bridgehead atoms. The second-order valence-electron chi connectivity index (χ2n) is 7.03. The van der Waals surface area contributed by atoms with Gasteiger partial charge in [0.25, 0.3) is 5.91 Å². The number of aromatic hydroxyl groups is 2. The summed E-state index contributed by atoms with van der Waals surface area (Å²) < 4.78 is 5.62. The Labute approximate surface area is 170 Å². The lowest BCUT2D eigenvalue weighted by Gasteiger charge is -2.22. The molecule has 1 aliphatic rings. The molecule has 0 radical (unpaired) electrons. The van der Waals surface area contributed by atoms with Crippen LogP contribution < -0.4 is 4.74 Å². The Kier molecular flexibility index (Phi) is 6.94. The first-order valence-electron chi connectivity index (χ1n) is 9.81. The van der Waals surface area contributed by atoms with Gasteiger partial charge in [-0.2, -0.15) is 0 Å². The van der Waals surface area contributed by atoms with Crippen LogP contribution in [0.2, 0.25) is 0 Å². The predicted octanol–water partition coefficient (Wildman–Crippen LogP) is 2.63. The molecule has 2 aromatic carbocycles. The monoisotopic (exact) mass is 398 g/mol. The number of phenols is 2. The van der Waals surface area contributed by atoms with Gasteiger partial charge in [-0.1, -0.05) is 18.2 Å². The second-order valence-corrected chi connectivity index (χ2v) is 7.03. The molecular weight excluding hydrogens is 372 g/mol. The molecule has 0 spiro atoms. The molecule has 1 fully saturated rings. The molecule has 0 atom stereocenters. The highest BCUT2D eigenvalue weighted by Gasteiger charge is 2.23. The quantitative estimate of drug-likeness (QED) is 0.730. The van der Waals surface area contributed by atoms with Crippen LogP contribution in [0.25, 0.3) is 0 Å². The topological polar surface area (TPSA) is 90.3 Å². The van der Waals surface area contributed by atoms with Crippen molar-refractivity contribution in [2.75, 3.05) is 32.8 Å². The van der Waals surface area contributed by atoms with E-state index in [9.17, 15) is 19.8 Å². The van der Waals surface area contributed by atoms with E-state index in [0.717, 1.165) is 5.75 Å². The van der Waals surface area contributed by atoms with E-state index in [2.05, 4.69) is 0 Å². The summed E-state index contributed by atoms with van der Waals surface area (Å²) in [7, 11) is 0. The number of para-hydroxylation sites is 1. The Morgan fingerprint density at radius 1 is 0.897 bits per heavy atom. The van der Waals surface area contributed by atoms with Crippen molar-refractivity contribution in [3.05, 3.63) is 54.1 Å². The molecule has 0 saturated carbocycles. The summed E-state index contributed by atoms with van der Waals surface area (Å²) in [6.07, 6.45) is 1.72. The summed E-state index contributed by atoms with van der Waals surface area (Å²) >= 11 is 0. The number of hydrogen-bond donors (Lipinski definition) is 2. The summed E-state index contributed by atoms with van der Waals surface area (Å²) in [5, 5.41) is 19.2. The molecule has 7 nitrogen and oxygen atoms in total. The number of carbonyl (C=O) groups is 2. The number of nitrogens with zero attached hydrogens (tertiary/aromatic N) is 2. The van der Waals surface area contributed by atoms with Gasteiger partial charge in [-0.15, -0.1) is 0 Å². The highest BCUT2D eigenvalue weighted by Crippen LogP contribution is 2.22. The van der Waals surface area contributed by atoms with Crippen LogP contribution in [0, 0.1) is 0 Å². The molecule has 1 saturated heterocycles. The van der Waals surface area contributed by atoms with Gasteiger partial charge >= 0.3 is 0 Å². The molecule has 3 rings (SSSR count). The third kappa shape index (κ3) is 5.88. The van der Waals surface area contributed by atoms with Crippen molar-refractivity contribution in [2.45, 2.75) is 19.3 Å². The molecule has 2 amide bonds. The number of benzene rings is 2. The van der Waals surface area contributed by atoms with Crippen LogP contribution in [0.4, 0.5) is 0 Å². The third-order valence-corrected chi connectivity index (χ3v) is 4.83. The Bertz CT molecular complexity index is 820. The van der Waals surface area contributed by atoms with Gasteiger partial charge in [0.2, 0.25) is 5.91 Å². The van der Waals surface area contributed by atoms with E-state index in [1.54, 1.807) is 9.80 Å². The maximum absolute atomic E-state index is 12.7. The van der Waals surface area contributed by atoms with Crippen molar-refractivity contribution >= 4 is 11.8 Å². The Morgan fingerprint density at radius 3 is 2.28 bits per heavy atom. The summed E-state index contributed by atoms with van der Waals surface area (Å²) in [4.78, 5) is 28.6. The van der Waals surface area contributed by atoms with E-state index >= 15 is 0 Å². The smallest absolute Gasteiger partial charge is 0.254 e. The Hall–Kier alpha value is -3.22. The number of carbonyl (C=O) groups excluding carboxylic acids is 2. The van der Waals surface area contributed by atoms with E-state index in [1.807, 2.05) is 30.3 Å². The van der Waals surface area contributed by atoms with Gasteiger partial charge in [-0.3, -0.25) is 9.59 Å². The predicted molar refractivity (Wildman–Crippen MR) is 108 cm³/mol. The lowest BCUT2D eigenvalue weighted by atomic mass is 10.1. The van der Waals surface area contributed by atoms with Gasteiger partial charge in [0, 0.05) is 44.2 Å². The lowest BCUT2D eigenvalue weighted by Crippen LogP contribution is -2.37. The molecule has 29 heavy (non-hydrogen) atoms. The van der Waals surface area contributed by atoms with E-state index in [-0.39, 0.29) is 28.9 Å². The van der Waals surface area contributed by atoms with Crippen LogP contribution >= 0.6 is 0 Å². The second kappa shape index (κ2) is 9.82. The van der Waals surface area contributed by atoms with Gasteiger partial charge in [0.05, 0.1) is 6.61 Å². The zero-order valence-electron chi connectivity index (χ0n) is 16.3. The molecule has 0 aliphatic carbocycles. The van der Waals surface area contributed by atoms with Gasteiger partial charge in [-0.25, -0.2) is 0 Å². The van der Waals surface area contributed by atoms with E-state index in [0.29, 0.717) is 52.0 Å². The van der Waals surface area contributed by atoms with Gasteiger partial charge in [0.1, 0.15) is 17.2 Å². The zero-order chi connectivity index (χ0) is 20.6. The first-order valence-corrected chi connectivity index (χ1v) is 9.81. The highest BCUT2D eigenvalue weighted by molar-refractivity contribution is 5.95. The van der Waals surface area contributed by atoms with Gasteiger partial charge in [0.15, 0.2) is 0 Å². The van der Waals surface area contributed by atoms with Crippen molar-refractivity contribution in [2.24, 2.45) is 0 Å². The first kappa shape index (κ1) is 20.5. The van der Waals surface area contributed by atoms with Crippen LogP contribution in [0.1, 0.15) is 29.6 Å². The average Bonchev–Trinajstić information content (AvgIpc) is 2.97. The van der Waals surface area contributed by atoms with Crippen LogP contribution in [0.15, 0.2) is 48.5 Å². The van der Waals surface area contributed by atoms with Crippen molar-refractivity contribution < 1.29 is 24.5 Å². The summed E-state index contributed by atoms with van der Waals surface area (Å²) in [5.74, 6) is 0.282. The molecule has 7 heteroatoms. The SMILES string of the molecule is O=C(CCCOc1ccccc1)N1CCCN(C(=O)c2cc(O)cc(O)c2)CC1. The van der Waals surface area contributed by atoms with Crippen molar-refractivity contribution in [1.82, 2.24) is 9.80 Å². The van der Waals surface area contributed by atoms with E-state index in [4.69, 9.17) is 4.74 Å². The normalized spacial score (nSPS) is 14.3. The lowest BCUT2D eigenvalue weighted by molar-refractivity contribution is -0.131. The molecule has 0 aromatic heterocycles. The molecule has 2 N–H and O–H groups in total. The molecule has 2 aromatic rings. The van der Waals surface area contributed by atoms with Crippen LogP contribution in [-0.4, -0.2) is 64.6 Å². The molecular formula is C22H26N2O5. The summed E-state index contributed by atoms with van der Waals surface area (Å²) in [5.41, 5.74) is 0.236. The van der Waals surface area contributed by atoms with E-state index in [1.165, 1.54) is 18.2 Å². The van der Waals surface area contributed by atoms with Crippen LogP contribution in [-0.2, 0) is 4.79 Å². The molecule has 1 aliphatic heterocycles. The number of rotatable bonds is 6.